The first kappa shape index (κ1) is 13.5. The summed E-state index contributed by atoms with van der Waals surface area (Å²) in [6.45, 7) is 3.99. The minimum absolute atomic E-state index is 0.101. The fourth-order valence-corrected chi connectivity index (χ4v) is 2.07. The highest BCUT2D eigenvalue weighted by Gasteiger charge is 2.27. The van der Waals surface area contributed by atoms with E-state index in [4.69, 9.17) is 5.73 Å². The summed E-state index contributed by atoms with van der Waals surface area (Å²) in [5.74, 6) is 0.0565. The van der Waals surface area contributed by atoms with Gasteiger partial charge in [-0.05, 0) is 18.8 Å². The molecule has 1 unspecified atom stereocenters. The molecule has 94 valence electrons. The molecule has 0 radical (unpaired) electrons. The van der Waals surface area contributed by atoms with Gasteiger partial charge in [0, 0.05) is 0 Å². The van der Waals surface area contributed by atoms with Gasteiger partial charge in [0.05, 0.1) is 18.2 Å². The summed E-state index contributed by atoms with van der Waals surface area (Å²) in [6.07, 6.45) is 4.25. The molecule has 0 heterocycles. The number of amides is 1. The Bertz CT molecular complexity index is 233. The van der Waals surface area contributed by atoms with E-state index in [1.54, 1.807) is 0 Å². The molecule has 0 aromatic carbocycles. The molecule has 0 bridgehead atoms. The van der Waals surface area contributed by atoms with E-state index in [-0.39, 0.29) is 17.9 Å². The van der Waals surface area contributed by atoms with Gasteiger partial charge in [-0.2, -0.15) is 0 Å². The van der Waals surface area contributed by atoms with Crippen molar-refractivity contribution < 1.29 is 9.90 Å². The van der Waals surface area contributed by atoms with E-state index in [0.29, 0.717) is 0 Å². The van der Waals surface area contributed by atoms with E-state index in [0.717, 1.165) is 32.1 Å². The Labute approximate surface area is 97.6 Å². The van der Waals surface area contributed by atoms with Crippen molar-refractivity contribution in [1.29, 1.82) is 0 Å². The van der Waals surface area contributed by atoms with Crippen molar-refractivity contribution in [3.05, 3.63) is 0 Å². The largest absolute Gasteiger partial charge is 0.391 e. The molecule has 0 aliphatic heterocycles. The zero-order valence-electron chi connectivity index (χ0n) is 10.3. The molecule has 0 saturated heterocycles. The van der Waals surface area contributed by atoms with Crippen molar-refractivity contribution in [3.8, 4) is 0 Å². The number of aliphatic hydroxyl groups excluding tert-OH is 1. The standard InChI is InChI=1S/C12H24N2O2/c1-3-8(2)11(13)12(16)14-9-6-4-5-7-10(9)15/h8-11,15H,3-7,13H2,1-2H3,(H,14,16)/t8?,9-,10-,11+/m1/s1. The number of hydrogen-bond acceptors (Lipinski definition) is 3. The molecular formula is C12H24N2O2. The first-order valence-electron chi connectivity index (χ1n) is 6.30. The SMILES string of the molecule is CCC(C)[C@H](N)C(=O)N[C@@H]1CCCC[C@H]1O. The predicted molar refractivity (Wildman–Crippen MR) is 63.8 cm³/mol. The summed E-state index contributed by atoms with van der Waals surface area (Å²) < 4.78 is 0. The summed E-state index contributed by atoms with van der Waals surface area (Å²) in [6, 6.07) is -0.560. The van der Waals surface area contributed by atoms with Crippen LogP contribution in [0.1, 0.15) is 46.0 Å². The second kappa shape index (κ2) is 6.21. The minimum atomic E-state index is -0.459. The predicted octanol–water partition coefficient (Wildman–Crippen LogP) is 0.779. The van der Waals surface area contributed by atoms with Gasteiger partial charge < -0.3 is 16.2 Å². The maximum absolute atomic E-state index is 11.8. The fraction of sp³-hybridized carbons (Fsp3) is 0.917. The lowest BCUT2D eigenvalue weighted by molar-refractivity contribution is -0.125. The molecule has 1 fully saturated rings. The van der Waals surface area contributed by atoms with Crippen LogP contribution in [0.3, 0.4) is 0 Å². The van der Waals surface area contributed by atoms with Crippen LogP contribution in [0.5, 0.6) is 0 Å². The van der Waals surface area contributed by atoms with Gasteiger partial charge in [0.15, 0.2) is 0 Å². The summed E-state index contributed by atoms with van der Waals surface area (Å²) in [5.41, 5.74) is 5.84. The molecule has 0 aromatic rings. The normalized spacial score (nSPS) is 29.5. The lowest BCUT2D eigenvalue weighted by Crippen LogP contribution is -2.52. The number of carbonyl (C=O) groups is 1. The van der Waals surface area contributed by atoms with Gasteiger partial charge in [-0.3, -0.25) is 4.79 Å². The summed E-state index contributed by atoms with van der Waals surface area (Å²) in [5, 5.41) is 12.6. The highest BCUT2D eigenvalue weighted by molar-refractivity contribution is 5.82. The summed E-state index contributed by atoms with van der Waals surface area (Å²) in [7, 11) is 0. The van der Waals surface area contributed by atoms with Crippen LogP contribution >= 0.6 is 0 Å². The van der Waals surface area contributed by atoms with Crippen LogP contribution in [0, 0.1) is 5.92 Å². The number of carbonyl (C=O) groups excluding carboxylic acids is 1. The maximum atomic E-state index is 11.8. The monoisotopic (exact) mass is 228 g/mol. The zero-order valence-corrected chi connectivity index (χ0v) is 10.3. The molecule has 0 spiro atoms. The Morgan fingerprint density at radius 3 is 2.69 bits per heavy atom. The highest BCUT2D eigenvalue weighted by atomic mass is 16.3. The Hall–Kier alpha value is -0.610. The van der Waals surface area contributed by atoms with Crippen molar-refractivity contribution >= 4 is 5.91 Å². The van der Waals surface area contributed by atoms with Gasteiger partial charge in [-0.15, -0.1) is 0 Å². The van der Waals surface area contributed by atoms with Crippen LogP contribution in [-0.4, -0.2) is 29.2 Å². The molecule has 0 aromatic heterocycles. The average Bonchev–Trinajstić information content (AvgIpc) is 2.30. The molecule has 1 saturated carbocycles. The Morgan fingerprint density at radius 1 is 1.50 bits per heavy atom. The average molecular weight is 228 g/mol. The van der Waals surface area contributed by atoms with E-state index < -0.39 is 12.1 Å². The lowest BCUT2D eigenvalue weighted by atomic mass is 9.91. The minimum Gasteiger partial charge on any atom is -0.391 e. The van der Waals surface area contributed by atoms with Crippen molar-refractivity contribution in [3.63, 3.8) is 0 Å². The molecule has 1 aliphatic rings. The number of aliphatic hydroxyl groups is 1. The molecule has 4 N–H and O–H groups in total. The molecule has 4 nitrogen and oxygen atoms in total. The van der Waals surface area contributed by atoms with Crippen molar-refractivity contribution in [2.24, 2.45) is 11.7 Å². The van der Waals surface area contributed by atoms with Crippen LogP contribution < -0.4 is 11.1 Å². The smallest absolute Gasteiger partial charge is 0.237 e. The zero-order chi connectivity index (χ0) is 12.1. The van der Waals surface area contributed by atoms with Gasteiger partial charge in [0.2, 0.25) is 5.91 Å². The topological polar surface area (TPSA) is 75.4 Å². The third-order valence-electron chi connectivity index (χ3n) is 3.62. The quantitative estimate of drug-likeness (QED) is 0.665. The fourth-order valence-electron chi connectivity index (χ4n) is 2.07. The highest BCUT2D eigenvalue weighted by Crippen LogP contribution is 2.18. The van der Waals surface area contributed by atoms with E-state index in [2.05, 4.69) is 5.32 Å². The number of nitrogens with one attached hydrogen (secondary N) is 1. The molecule has 1 aliphatic carbocycles. The molecule has 4 atom stereocenters. The third-order valence-corrected chi connectivity index (χ3v) is 3.62. The third kappa shape index (κ3) is 3.46. The van der Waals surface area contributed by atoms with Crippen molar-refractivity contribution in [1.82, 2.24) is 5.32 Å². The number of hydrogen-bond donors (Lipinski definition) is 3. The van der Waals surface area contributed by atoms with Crippen molar-refractivity contribution in [2.75, 3.05) is 0 Å². The summed E-state index contributed by atoms with van der Waals surface area (Å²) in [4.78, 5) is 11.8. The second-order valence-electron chi connectivity index (χ2n) is 4.88. The van der Waals surface area contributed by atoms with E-state index in [9.17, 15) is 9.90 Å². The first-order chi connectivity index (χ1) is 7.56. The van der Waals surface area contributed by atoms with Crippen LogP contribution in [0.2, 0.25) is 0 Å². The Morgan fingerprint density at radius 2 is 2.12 bits per heavy atom. The summed E-state index contributed by atoms with van der Waals surface area (Å²) >= 11 is 0. The molecule has 16 heavy (non-hydrogen) atoms. The van der Waals surface area contributed by atoms with E-state index in [1.165, 1.54) is 0 Å². The second-order valence-corrected chi connectivity index (χ2v) is 4.88. The van der Waals surface area contributed by atoms with Crippen molar-refractivity contribution in [2.45, 2.75) is 64.1 Å². The van der Waals surface area contributed by atoms with Crippen LogP contribution in [0.25, 0.3) is 0 Å². The number of nitrogens with two attached hydrogens (primary N) is 1. The van der Waals surface area contributed by atoms with Gasteiger partial charge in [0.1, 0.15) is 0 Å². The first-order valence-corrected chi connectivity index (χ1v) is 6.30. The van der Waals surface area contributed by atoms with Gasteiger partial charge in [-0.25, -0.2) is 0 Å². The molecule has 1 rings (SSSR count). The van der Waals surface area contributed by atoms with Crippen LogP contribution in [-0.2, 0) is 4.79 Å². The molecule has 1 amide bonds. The number of rotatable bonds is 4. The van der Waals surface area contributed by atoms with Crippen LogP contribution in [0.15, 0.2) is 0 Å². The lowest BCUT2D eigenvalue weighted by Gasteiger charge is -2.30. The Balaban J connectivity index is 2.43. The molecule has 4 heteroatoms. The van der Waals surface area contributed by atoms with Crippen LogP contribution in [0.4, 0.5) is 0 Å². The van der Waals surface area contributed by atoms with E-state index >= 15 is 0 Å². The van der Waals surface area contributed by atoms with Gasteiger partial charge >= 0.3 is 0 Å². The van der Waals surface area contributed by atoms with Gasteiger partial charge in [0.25, 0.3) is 0 Å². The maximum Gasteiger partial charge on any atom is 0.237 e. The molecular weight excluding hydrogens is 204 g/mol. The van der Waals surface area contributed by atoms with Gasteiger partial charge in [-0.1, -0.05) is 33.1 Å². The Kier molecular flexibility index (Phi) is 5.22. The van der Waals surface area contributed by atoms with E-state index in [1.807, 2.05) is 13.8 Å².